The van der Waals surface area contributed by atoms with Gasteiger partial charge in [0.05, 0.1) is 12.9 Å². The maximum atomic E-state index is 10.9. The van der Waals surface area contributed by atoms with Crippen molar-refractivity contribution in [1.29, 1.82) is 0 Å². The van der Waals surface area contributed by atoms with Gasteiger partial charge < -0.3 is 10.1 Å². The Morgan fingerprint density at radius 2 is 2.14 bits per heavy atom. The quantitative estimate of drug-likeness (QED) is 0.661. The highest BCUT2D eigenvalue weighted by molar-refractivity contribution is 8.00. The number of hydrogen-bond acceptors (Lipinski definition) is 4. The van der Waals surface area contributed by atoms with E-state index in [1.807, 2.05) is 0 Å². The lowest BCUT2D eigenvalue weighted by atomic mass is 10.2. The molecule has 0 amide bonds. The predicted molar refractivity (Wildman–Crippen MR) is 61.7 cm³/mol. The first kappa shape index (κ1) is 13.8. The van der Waals surface area contributed by atoms with Gasteiger partial charge in [0.2, 0.25) is 0 Å². The molecule has 1 N–H and O–H groups in total. The van der Waals surface area contributed by atoms with Gasteiger partial charge in [0.1, 0.15) is 0 Å². The Hall–Kier alpha value is -0.220. The minimum atomic E-state index is -0.145. The smallest absolute Gasteiger partial charge is 0.315 e. The topological polar surface area (TPSA) is 38.3 Å². The first-order valence-corrected chi connectivity index (χ1v) is 6.12. The number of thioether (sulfide) groups is 1. The van der Waals surface area contributed by atoms with Crippen molar-refractivity contribution in [1.82, 2.24) is 5.32 Å². The van der Waals surface area contributed by atoms with Crippen LogP contribution in [0.5, 0.6) is 0 Å². The molecular weight excluding hydrogens is 198 g/mol. The van der Waals surface area contributed by atoms with Crippen LogP contribution in [-0.2, 0) is 9.53 Å². The molecule has 14 heavy (non-hydrogen) atoms. The largest absolute Gasteiger partial charge is 0.468 e. The Morgan fingerprint density at radius 1 is 1.50 bits per heavy atom. The molecule has 0 radical (unpaired) electrons. The second-order valence-corrected chi connectivity index (χ2v) is 4.53. The monoisotopic (exact) mass is 219 g/mol. The van der Waals surface area contributed by atoms with Gasteiger partial charge in [0.25, 0.3) is 0 Å². The third-order valence-corrected chi connectivity index (χ3v) is 3.42. The minimum Gasteiger partial charge on any atom is -0.468 e. The van der Waals surface area contributed by atoms with Gasteiger partial charge in [-0.05, 0) is 13.0 Å². The average Bonchev–Trinajstić information content (AvgIpc) is 2.21. The van der Waals surface area contributed by atoms with E-state index in [1.165, 1.54) is 7.11 Å². The van der Waals surface area contributed by atoms with E-state index in [9.17, 15) is 4.79 Å². The van der Waals surface area contributed by atoms with Gasteiger partial charge in [-0.15, -0.1) is 11.8 Å². The summed E-state index contributed by atoms with van der Waals surface area (Å²) in [5.41, 5.74) is 0. The van der Waals surface area contributed by atoms with Crippen LogP contribution in [0.2, 0.25) is 0 Å². The molecule has 0 spiro atoms. The number of carbonyl (C=O) groups excluding carboxylic acids is 1. The van der Waals surface area contributed by atoms with E-state index in [-0.39, 0.29) is 5.97 Å². The molecule has 2 unspecified atom stereocenters. The Morgan fingerprint density at radius 3 is 2.57 bits per heavy atom. The number of methoxy groups -OCH3 is 1. The first-order valence-electron chi connectivity index (χ1n) is 5.07. The average molecular weight is 219 g/mol. The van der Waals surface area contributed by atoms with E-state index < -0.39 is 0 Å². The van der Waals surface area contributed by atoms with Gasteiger partial charge in [0.15, 0.2) is 0 Å². The van der Waals surface area contributed by atoms with E-state index in [1.54, 1.807) is 11.8 Å². The summed E-state index contributed by atoms with van der Waals surface area (Å²) >= 11 is 1.64. The lowest BCUT2D eigenvalue weighted by Gasteiger charge is -2.22. The molecular formula is C10H21NO2S. The van der Waals surface area contributed by atoms with E-state index in [0.717, 1.165) is 13.0 Å². The van der Waals surface area contributed by atoms with Gasteiger partial charge in [0, 0.05) is 11.3 Å². The van der Waals surface area contributed by atoms with Crippen molar-refractivity contribution in [3.8, 4) is 0 Å². The van der Waals surface area contributed by atoms with Crippen LogP contribution >= 0.6 is 11.8 Å². The summed E-state index contributed by atoms with van der Waals surface area (Å²) < 4.78 is 4.59. The fourth-order valence-electron chi connectivity index (χ4n) is 1.28. The van der Waals surface area contributed by atoms with E-state index in [2.05, 4.69) is 30.8 Å². The Kier molecular flexibility index (Phi) is 7.99. The zero-order valence-corrected chi connectivity index (χ0v) is 10.3. The summed E-state index contributed by atoms with van der Waals surface area (Å²) in [6.45, 7) is 7.37. The lowest BCUT2D eigenvalue weighted by Crippen LogP contribution is -2.36. The first-order chi connectivity index (χ1) is 6.65. The van der Waals surface area contributed by atoms with E-state index >= 15 is 0 Å². The van der Waals surface area contributed by atoms with Crippen LogP contribution in [0.25, 0.3) is 0 Å². The van der Waals surface area contributed by atoms with Crippen molar-refractivity contribution in [2.24, 2.45) is 0 Å². The zero-order chi connectivity index (χ0) is 11.0. The van der Waals surface area contributed by atoms with Crippen LogP contribution in [0, 0.1) is 0 Å². The van der Waals surface area contributed by atoms with Crippen LogP contribution in [0.4, 0.5) is 0 Å². The molecule has 2 atom stereocenters. The standard InChI is InChI=1S/C10H21NO2S/c1-5-9(11-6-2)8(3)14-7-10(12)13-4/h8-9,11H,5-7H2,1-4H3. The molecule has 0 aromatic rings. The second kappa shape index (κ2) is 8.12. The van der Waals surface area contributed by atoms with Crippen molar-refractivity contribution < 1.29 is 9.53 Å². The number of carbonyl (C=O) groups is 1. The molecule has 0 bridgehead atoms. The molecule has 0 heterocycles. The highest BCUT2D eigenvalue weighted by Gasteiger charge is 2.15. The molecule has 3 nitrogen and oxygen atoms in total. The number of ether oxygens (including phenoxy) is 1. The molecule has 0 aliphatic carbocycles. The normalized spacial score (nSPS) is 14.9. The molecule has 0 saturated carbocycles. The van der Waals surface area contributed by atoms with Gasteiger partial charge in [-0.3, -0.25) is 4.79 Å². The van der Waals surface area contributed by atoms with Crippen LogP contribution in [0.3, 0.4) is 0 Å². The number of nitrogens with one attached hydrogen (secondary N) is 1. The van der Waals surface area contributed by atoms with Crippen molar-refractivity contribution in [3.05, 3.63) is 0 Å². The van der Waals surface area contributed by atoms with Crippen LogP contribution in [0.1, 0.15) is 27.2 Å². The SMILES string of the molecule is CCNC(CC)C(C)SCC(=O)OC. The summed E-state index contributed by atoms with van der Waals surface area (Å²) in [5, 5.41) is 3.84. The Labute approximate surface area is 91.0 Å². The molecule has 0 fully saturated rings. The highest BCUT2D eigenvalue weighted by atomic mass is 32.2. The Bertz CT molecular complexity index is 164. The van der Waals surface area contributed by atoms with Gasteiger partial charge in [-0.25, -0.2) is 0 Å². The molecule has 84 valence electrons. The maximum absolute atomic E-state index is 10.9. The van der Waals surface area contributed by atoms with E-state index in [0.29, 0.717) is 17.0 Å². The third-order valence-electron chi connectivity index (χ3n) is 2.16. The summed E-state index contributed by atoms with van der Waals surface area (Å²) in [6, 6.07) is 0.481. The molecule has 0 rings (SSSR count). The van der Waals surface area contributed by atoms with Crippen LogP contribution in [0.15, 0.2) is 0 Å². The molecule has 0 saturated heterocycles. The highest BCUT2D eigenvalue weighted by Crippen LogP contribution is 2.16. The minimum absolute atomic E-state index is 0.145. The molecule has 0 aliphatic rings. The zero-order valence-electron chi connectivity index (χ0n) is 9.50. The fraction of sp³-hybridized carbons (Fsp3) is 0.900. The third kappa shape index (κ3) is 5.50. The molecule has 4 heteroatoms. The van der Waals surface area contributed by atoms with Gasteiger partial charge in [-0.2, -0.15) is 0 Å². The lowest BCUT2D eigenvalue weighted by molar-refractivity contribution is -0.137. The second-order valence-electron chi connectivity index (χ2n) is 3.16. The summed E-state index contributed by atoms with van der Waals surface area (Å²) in [6.07, 6.45) is 1.09. The van der Waals surface area contributed by atoms with Crippen molar-refractivity contribution in [3.63, 3.8) is 0 Å². The fourth-order valence-corrected chi connectivity index (χ4v) is 2.32. The van der Waals surface area contributed by atoms with Crippen LogP contribution in [-0.4, -0.2) is 36.7 Å². The Balaban J connectivity index is 3.79. The van der Waals surface area contributed by atoms with Crippen molar-refractivity contribution >= 4 is 17.7 Å². The summed E-state index contributed by atoms with van der Waals surface area (Å²) in [7, 11) is 1.43. The number of rotatable bonds is 7. The molecule has 0 aromatic carbocycles. The van der Waals surface area contributed by atoms with Gasteiger partial charge in [-0.1, -0.05) is 20.8 Å². The number of esters is 1. The summed E-state index contributed by atoms with van der Waals surface area (Å²) in [4.78, 5) is 10.9. The van der Waals surface area contributed by atoms with Crippen molar-refractivity contribution in [2.75, 3.05) is 19.4 Å². The number of hydrogen-bond donors (Lipinski definition) is 1. The molecule has 0 aliphatic heterocycles. The van der Waals surface area contributed by atoms with E-state index in [4.69, 9.17) is 0 Å². The van der Waals surface area contributed by atoms with Gasteiger partial charge >= 0.3 is 5.97 Å². The molecule has 0 aromatic heterocycles. The predicted octanol–water partition coefficient (Wildman–Crippen LogP) is 1.67. The van der Waals surface area contributed by atoms with Crippen molar-refractivity contribution in [2.45, 2.75) is 38.5 Å². The summed E-state index contributed by atoms with van der Waals surface area (Å²) in [5.74, 6) is 0.299. The maximum Gasteiger partial charge on any atom is 0.315 e. The van der Waals surface area contributed by atoms with Crippen LogP contribution < -0.4 is 5.32 Å².